The van der Waals surface area contributed by atoms with Crippen molar-refractivity contribution in [3.63, 3.8) is 0 Å². The average molecular weight is 420 g/mol. The van der Waals surface area contributed by atoms with E-state index in [4.69, 9.17) is 9.84 Å². The zero-order valence-corrected chi connectivity index (χ0v) is 19.7. The molecule has 1 fully saturated rings. The zero-order chi connectivity index (χ0) is 21.7. The first-order chi connectivity index (χ1) is 14.4. The Bertz CT molecular complexity index is 692. The number of ether oxygens (including phenoxy) is 1. The zero-order valence-electron chi connectivity index (χ0n) is 19.7. The van der Waals surface area contributed by atoms with Gasteiger partial charge < -0.3 is 19.4 Å². The molecule has 1 amide bonds. The highest BCUT2D eigenvalue weighted by atomic mass is 16.5. The molecule has 170 valence electrons. The molecule has 30 heavy (non-hydrogen) atoms. The molecule has 0 bridgehead atoms. The van der Waals surface area contributed by atoms with Gasteiger partial charge in [0, 0.05) is 50.0 Å². The highest BCUT2D eigenvalue weighted by molar-refractivity contribution is 5.94. The van der Waals surface area contributed by atoms with E-state index in [9.17, 15) is 4.79 Å². The van der Waals surface area contributed by atoms with Crippen LogP contribution < -0.4 is 0 Å². The van der Waals surface area contributed by atoms with Crippen LogP contribution in [0.15, 0.2) is 0 Å². The highest BCUT2D eigenvalue weighted by Gasteiger charge is 2.33. The number of carbonyl (C=O) groups excluding carboxylic acids is 1. The summed E-state index contributed by atoms with van der Waals surface area (Å²) in [6, 6.07) is 0.473. The van der Waals surface area contributed by atoms with Crippen LogP contribution in [0.3, 0.4) is 0 Å². The summed E-state index contributed by atoms with van der Waals surface area (Å²) >= 11 is 0. The van der Waals surface area contributed by atoms with Crippen molar-refractivity contribution in [1.82, 2.24) is 24.5 Å². The molecule has 0 spiro atoms. The molecule has 0 saturated carbocycles. The lowest BCUT2D eigenvalue weighted by Gasteiger charge is -2.33. The third kappa shape index (κ3) is 5.42. The highest BCUT2D eigenvalue weighted by Crippen LogP contribution is 2.28. The predicted octanol–water partition coefficient (Wildman–Crippen LogP) is 2.14. The van der Waals surface area contributed by atoms with E-state index in [0.29, 0.717) is 44.0 Å². The average Bonchev–Trinajstić information content (AvgIpc) is 3.11. The number of likely N-dealkylation sites (N-methyl/N-ethyl adjacent to an activating group) is 2. The standard InChI is InChI=1S/C23H41N5O2/c1-6-26(7-2)11-10-25(5)19-8-9-21-20(16-19)22(24-28(21)17-18(3)4)23(29)27-12-14-30-15-13-27/h18-19H,6-17H2,1-5H3/t19-/m0/s1. The maximum absolute atomic E-state index is 13.3. The number of nitrogens with zero attached hydrogens (tertiary/aromatic N) is 5. The maximum atomic E-state index is 13.3. The van der Waals surface area contributed by atoms with Crippen molar-refractivity contribution < 1.29 is 9.53 Å². The number of hydrogen-bond acceptors (Lipinski definition) is 5. The Morgan fingerprint density at radius 2 is 1.90 bits per heavy atom. The summed E-state index contributed by atoms with van der Waals surface area (Å²) in [6.45, 7) is 16.7. The number of aromatic nitrogens is 2. The molecule has 2 heterocycles. The van der Waals surface area contributed by atoms with Crippen LogP contribution in [0.5, 0.6) is 0 Å². The molecule has 1 aliphatic heterocycles. The predicted molar refractivity (Wildman–Crippen MR) is 120 cm³/mol. The fourth-order valence-electron chi connectivity index (χ4n) is 4.65. The van der Waals surface area contributed by atoms with Gasteiger partial charge in [-0.1, -0.05) is 27.7 Å². The molecule has 1 atom stereocenters. The topological polar surface area (TPSA) is 53.8 Å². The van der Waals surface area contributed by atoms with Gasteiger partial charge in [0.15, 0.2) is 5.69 Å². The SMILES string of the molecule is CCN(CC)CCN(C)[C@H]1CCc2c(c(C(=O)N3CCOCC3)nn2CC(C)C)C1. The molecule has 7 nitrogen and oxygen atoms in total. The van der Waals surface area contributed by atoms with Gasteiger partial charge in [0.1, 0.15) is 0 Å². The van der Waals surface area contributed by atoms with Gasteiger partial charge in [-0.2, -0.15) is 5.10 Å². The van der Waals surface area contributed by atoms with E-state index in [1.54, 1.807) is 0 Å². The smallest absolute Gasteiger partial charge is 0.274 e. The fourth-order valence-corrected chi connectivity index (χ4v) is 4.65. The summed E-state index contributed by atoms with van der Waals surface area (Å²) in [5.74, 6) is 0.596. The minimum Gasteiger partial charge on any atom is -0.378 e. The summed E-state index contributed by atoms with van der Waals surface area (Å²) in [5, 5.41) is 4.86. The van der Waals surface area contributed by atoms with Crippen LogP contribution in [0, 0.1) is 5.92 Å². The first-order valence-electron chi connectivity index (χ1n) is 11.8. The second-order valence-electron chi connectivity index (χ2n) is 9.16. The van der Waals surface area contributed by atoms with Gasteiger partial charge in [-0.25, -0.2) is 0 Å². The summed E-state index contributed by atoms with van der Waals surface area (Å²) < 4.78 is 7.56. The van der Waals surface area contributed by atoms with Crippen LogP contribution in [0.25, 0.3) is 0 Å². The number of morpholine rings is 1. The molecule has 2 aliphatic rings. The van der Waals surface area contributed by atoms with Crippen LogP contribution in [-0.2, 0) is 24.1 Å². The Kier molecular flexibility index (Phi) is 8.31. The lowest BCUT2D eigenvalue weighted by atomic mass is 9.90. The summed E-state index contributed by atoms with van der Waals surface area (Å²) in [5.41, 5.74) is 3.17. The van der Waals surface area contributed by atoms with E-state index in [2.05, 4.69) is 49.2 Å². The summed E-state index contributed by atoms with van der Waals surface area (Å²) in [4.78, 5) is 20.2. The van der Waals surface area contributed by atoms with Crippen LogP contribution >= 0.6 is 0 Å². The van der Waals surface area contributed by atoms with Crippen molar-refractivity contribution in [2.45, 2.75) is 59.5 Å². The third-order valence-corrected chi connectivity index (χ3v) is 6.65. The Labute approximate surface area is 182 Å². The third-order valence-electron chi connectivity index (χ3n) is 6.65. The molecule has 0 N–H and O–H groups in total. The molecule has 1 aromatic rings. The Hall–Kier alpha value is -1.44. The molecule has 1 saturated heterocycles. The van der Waals surface area contributed by atoms with Crippen LogP contribution in [-0.4, -0.2) is 96.0 Å². The normalized spacial score (nSPS) is 19.7. The van der Waals surface area contributed by atoms with E-state index in [0.717, 1.165) is 52.0 Å². The minimum atomic E-state index is 0.0866. The Balaban J connectivity index is 1.78. The van der Waals surface area contributed by atoms with Crippen molar-refractivity contribution in [2.75, 3.05) is 59.5 Å². The first kappa shape index (κ1) is 23.2. The van der Waals surface area contributed by atoms with Gasteiger partial charge in [0.2, 0.25) is 0 Å². The fraction of sp³-hybridized carbons (Fsp3) is 0.826. The first-order valence-corrected chi connectivity index (χ1v) is 11.8. The summed E-state index contributed by atoms with van der Waals surface area (Å²) in [6.07, 6.45) is 3.07. The molecule has 0 aromatic carbocycles. The Morgan fingerprint density at radius 1 is 1.20 bits per heavy atom. The lowest BCUT2D eigenvalue weighted by Crippen LogP contribution is -2.43. The molecule has 3 rings (SSSR count). The molecule has 0 radical (unpaired) electrons. The van der Waals surface area contributed by atoms with Crippen molar-refractivity contribution in [1.29, 1.82) is 0 Å². The van der Waals surface area contributed by atoms with Crippen LogP contribution in [0.2, 0.25) is 0 Å². The largest absolute Gasteiger partial charge is 0.378 e. The van der Waals surface area contributed by atoms with E-state index in [1.165, 1.54) is 11.3 Å². The van der Waals surface area contributed by atoms with Crippen molar-refractivity contribution in [3.05, 3.63) is 17.0 Å². The van der Waals surface area contributed by atoms with E-state index < -0.39 is 0 Å². The second-order valence-corrected chi connectivity index (χ2v) is 9.16. The van der Waals surface area contributed by atoms with Crippen molar-refractivity contribution in [2.24, 2.45) is 5.92 Å². The van der Waals surface area contributed by atoms with Crippen molar-refractivity contribution in [3.8, 4) is 0 Å². The van der Waals surface area contributed by atoms with Crippen molar-refractivity contribution >= 4 is 5.91 Å². The van der Waals surface area contributed by atoms with E-state index in [1.807, 2.05) is 4.90 Å². The molecular weight excluding hydrogens is 378 g/mol. The molecule has 7 heteroatoms. The second kappa shape index (κ2) is 10.7. The van der Waals surface area contributed by atoms with Gasteiger partial charge in [-0.3, -0.25) is 9.48 Å². The van der Waals surface area contributed by atoms with Gasteiger partial charge in [-0.15, -0.1) is 0 Å². The van der Waals surface area contributed by atoms with Gasteiger partial charge >= 0.3 is 0 Å². The van der Waals surface area contributed by atoms with Gasteiger partial charge in [0.05, 0.1) is 13.2 Å². The number of hydrogen-bond donors (Lipinski definition) is 0. The maximum Gasteiger partial charge on any atom is 0.274 e. The van der Waals surface area contributed by atoms with Gasteiger partial charge in [0.25, 0.3) is 5.91 Å². The molecule has 1 aromatic heterocycles. The Morgan fingerprint density at radius 3 is 2.53 bits per heavy atom. The van der Waals surface area contributed by atoms with E-state index in [-0.39, 0.29) is 5.91 Å². The van der Waals surface area contributed by atoms with Crippen LogP contribution in [0.1, 0.15) is 55.9 Å². The number of carbonyl (C=O) groups is 1. The minimum absolute atomic E-state index is 0.0866. The lowest BCUT2D eigenvalue weighted by molar-refractivity contribution is 0.0297. The molecular formula is C23H41N5O2. The number of fused-ring (bicyclic) bond motifs is 1. The quantitative estimate of drug-likeness (QED) is 0.614. The van der Waals surface area contributed by atoms with E-state index >= 15 is 0 Å². The molecule has 1 aliphatic carbocycles. The number of amides is 1. The summed E-state index contributed by atoms with van der Waals surface area (Å²) in [7, 11) is 2.24. The molecule has 0 unspecified atom stereocenters. The monoisotopic (exact) mass is 419 g/mol. The van der Waals surface area contributed by atoms with Gasteiger partial charge in [-0.05, 0) is 45.3 Å². The van der Waals surface area contributed by atoms with Crippen LogP contribution in [0.4, 0.5) is 0 Å². The number of rotatable bonds is 9.